The summed E-state index contributed by atoms with van der Waals surface area (Å²) in [4.78, 5) is 23.4. The topological polar surface area (TPSA) is 59.3 Å². The Morgan fingerprint density at radius 3 is 2.76 bits per heavy atom. The van der Waals surface area contributed by atoms with Gasteiger partial charge in [0.1, 0.15) is 0 Å². The lowest BCUT2D eigenvalue weighted by molar-refractivity contribution is 0.0696. The summed E-state index contributed by atoms with van der Waals surface area (Å²) in [5.41, 5.74) is -0.304. The van der Waals surface area contributed by atoms with Crippen LogP contribution in [0.3, 0.4) is 0 Å². The Morgan fingerprint density at radius 1 is 1.47 bits per heavy atom. The minimum atomic E-state index is -1.09. The maximum absolute atomic E-state index is 11.7. The van der Waals surface area contributed by atoms with E-state index < -0.39 is 5.97 Å². The molecule has 0 bridgehead atoms. The van der Waals surface area contributed by atoms with Gasteiger partial charge in [-0.3, -0.25) is 4.79 Å². The number of hydrogen-bond donors (Lipinski definition) is 1. The van der Waals surface area contributed by atoms with Crippen LogP contribution in [-0.4, -0.2) is 15.6 Å². The lowest BCUT2D eigenvalue weighted by atomic mass is 10.3. The first kappa shape index (κ1) is 12.1. The van der Waals surface area contributed by atoms with Crippen LogP contribution in [0.4, 0.5) is 0 Å². The number of rotatable bonds is 3. The Morgan fingerprint density at radius 2 is 2.24 bits per heavy atom. The molecule has 0 aromatic carbocycles. The van der Waals surface area contributed by atoms with Gasteiger partial charge in [0, 0.05) is 21.6 Å². The standard InChI is InChI=1S/C11H8BrNO3S/c12-8-2-4-17-9(8)6-13-3-1-7(11(15)16)5-10(13)14/h1-5H,6H2,(H,15,16). The number of thiophene rings is 1. The van der Waals surface area contributed by atoms with Crippen molar-refractivity contribution >= 4 is 33.2 Å². The summed E-state index contributed by atoms with van der Waals surface area (Å²) in [5, 5.41) is 10.7. The van der Waals surface area contributed by atoms with E-state index in [0.29, 0.717) is 6.54 Å². The molecule has 0 aliphatic heterocycles. The smallest absolute Gasteiger partial charge is 0.335 e. The van der Waals surface area contributed by atoms with Crippen molar-refractivity contribution in [1.82, 2.24) is 4.57 Å². The molecule has 0 saturated carbocycles. The van der Waals surface area contributed by atoms with E-state index in [4.69, 9.17) is 5.11 Å². The van der Waals surface area contributed by atoms with Crippen LogP contribution < -0.4 is 5.56 Å². The van der Waals surface area contributed by atoms with E-state index in [0.717, 1.165) is 15.4 Å². The average Bonchev–Trinajstić information content (AvgIpc) is 2.67. The van der Waals surface area contributed by atoms with Gasteiger partial charge in [0.25, 0.3) is 5.56 Å². The normalized spacial score (nSPS) is 10.4. The zero-order valence-corrected chi connectivity index (χ0v) is 11.0. The van der Waals surface area contributed by atoms with E-state index in [1.165, 1.54) is 16.8 Å². The van der Waals surface area contributed by atoms with Crippen LogP contribution in [0.15, 0.2) is 39.0 Å². The molecule has 0 spiro atoms. The number of carboxylic acids is 1. The summed E-state index contributed by atoms with van der Waals surface area (Å²) in [6.07, 6.45) is 1.50. The van der Waals surface area contributed by atoms with Crippen molar-refractivity contribution in [3.05, 3.63) is 55.0 Å². The molecule has 17 heavy (non-hydrogen) atoms. The van der Waals surface area contributed by atoms with Crippen LogP contribution >= 0.6 is 27.3 Å². The van der Waals surface area contributed by atoms with E-state index in [1.54, 1.807) is 11.3 Å². The van der Waals surface area contributed by atoms with Crippen LogP contribution in [0.5, 0.6) is 0 Å². The summed E-state index contributed by atoms with van der Waals surface area (Å²) in [5.74, 6) is -1.09. The molecule has 0 aliphatic rings. The molecule has 2 rings (SSSR count). The van der Waals surface area contributed by atoms with Crippen molar-refractivity contribution in [2.24, 2.45) is 0 Å². The zero-order valence-electron chi connectivity index (χ0n) is 8.59. The van der Waals surface area contributed by atoms with E-state index >= 15 is 0 Å². The third kappa shape index (κ3) is 2.65. The minimum Gasteiger partial charge on any atom is -0.478 e. The Hall–Kier alpha value is -1.40. The summed E-state index contributed by atoms with van der Waals surface area (Å²) in [6.45, 7) is 0.441. The predicted molar refractivity (Wildman–Crippen MR) is 68.8 cm³/mol. The van der Waals surface area contributed by atoms with Crippen LogP contribution in [-0.2, 0) is 6.54 Å². The number of pyridine rings is 1. The maximum Gasteiger partial charge on any atom is 0.335 e. The Bertz CT molecular complexity index is 617. The van der Waals surface area contributed by atoms with Gasteiger partial charge in [-0.05, 0) is 33.4 Å². The molecule has 0 fully saturated rings. The van der Waals surface area contributed by atoms with Crippen LogP contribution in [0.25, 0.3) is 0 Å². The molecule has 2 aromatic heterocycles. The molecule has 4 nitrogen and oxygen atoms in total. The van der Waals surface area contributed by atoms with Crippen LogP contribution in [0.2, 0.25) is 0 Å². The molecule has 88 valence electrons. The molecule has 6 heteroatoms. The first-order valence-corrected chi connectivity index (χ1v) is 6.41. The second-order valence-electron chi connectivity index (χ2n) is 3.38. The van der Waals surface area contributed by atoms with Crippen molar-refractivity contribution in [2.45, 2.75) is 6.54 Å². The van der Waals surface area contributed by atoms with Crippen molar-refractivity contribution < 1.29 is 9.90 Å². The quantitative estimate of drug-likeness (QED) is 0.946. The lowest BCUT2D eigenvalue weighted by Crippen LogP contribution is -2.20. The average molecular weight is 314 g/mol. The fourth-order valence-corrected chi connectivity index (χ4v) is 2.84. The molecule has 0 atom stereocenters. The zero-order chi connectivity index (χ0) is 12.4. The first-order chi connectivity index (χ1) is 8.08. The van der Waals surface area contributed by atoms with Gasteiger partial charge in [0.05, 0.1) is 12.1 Å². The van der Waals surface area contributed by atoms with Crippen molar-refractivity contribution in [3.63, 3.8) is 0 Å². The SMILES string of the molecule is O=C(O)c1ccn(Cc2sccc2Br)c(=O)c1. The van der Waals surface area contributed by atoms with Gasteiger partial charge in [-0.15, -0.1) is 11.3 Å². The highest BCUT2D eigenvalue weighted by molar-refractivity contribution is 9.10. The fourth-order valence-electron chi connectivity index (χ4n) is 1.36. The molecule has 1 N–H and O–H groups in total. The van der Waals surface area contributed by atoms with Gasteiger partial charge in [-0.25, -0.2) is 4.79 Å². The number of carboxylic acid groups (broad SMARTS) is 1. The van der Waals surface area contributed by atoms with Gasteiger partial charge in [0.15, 0.2) is 0 Å². The molecule has 2 aromatic rings. The van der Waals surface area contributed by atoms with E-state index in [2.05, 4.69) is 15.9 Å². The van der Waals surface area contributed by atoms with Gasteiger partial charge in [-0.1, -0.05) is 0 Å². The molecular weight excluding hydrogens is 306 g/mol. The number of halogens is 1. The number of hydrogen-bond acceptors (Lipinski definition) is 3. The molecule has 0 unspecified atom stereocenters. The van der Waals surface area contributed by atoms with E-state index in [9.17, 15) is 9.59 Å². The molecule has 0 amide bonds. The summed E-state index contributed by atoms with van der Waals surface area (Å²) in [7, 11) is 0. The van der Waals surface area contributed by atoms with Crippen LogP contribution in [0.1, 0.15) is 15.2 Å². The Labute approximate surface area is 109 Å². The van der Waals surface area contributed by atoms with Gasteiger partial charge >= 0.3 is 5.97 Å². The number of aromatic carboxylic acids is 1. The number of nitrogens with zero attached hydrogens (tertiary/aromatic N) is 1. The third-order valence-electron chi connectivity index (χ3n) is 2.25. The minimum absolute atomic E-state index is 0.0106. The highest BCUT2D eigenvalue weighted by Crippen LogP contribution is 2.22. The van der Waals surface area contributed by atoms with Crippen molar-refractivity contribution in [2.75, 3.05) is 0 Å². The summed E-state index contributed by atoms with van der Waals surface area (Å²) < 4.78 is 2.43. The molecule has 0 aliphatic carbocycles. The van der Waals surface area contributed by atoms with Crippen LogP contribution in [0, 0.1) is 0 Å². The van der Waals surface area contributed by atoms with Gasteiger partial charge in [-0.2, -0.15) is 0 Å². The van der Waals surface area contributed by atoms with E-state index in [-0.39, 0.29) is 11.1 Å². The van der Waals surface area contributed by atoms with Crippen molar-refractivity contribution in [3.8, 4) is 0 Å². The highest BCUT2D eigenvalue weighted by Gasteiger charge is 2.07. The molecule has 2 heterocycles. The van der Waals surface area contributed by atoms with Gasteiger partial charge < -0.3 is 9.67 Å². The van der Waals surface area contributed by atoms with Gasteiger partial charge in [0.2, 0.25) is 0 Å². The lowest BCUT2D eigenvalue weighted by Gasteiger charge is -2.04. The summed E-state index contributed by atoms with van der Waals surface area (Å²) >= 11 is 4.93. The van der Waals surface area contributed by atoms with E-state index in [1.807, 2.05) is 11.4 Å². The number of aromatic nitrogens is 1. The first-order valence-electron chi connectivity index (χ1n) is 4.73. The second kappa shape index (κ2) is 4.85. The molecule has 0 radical (unpaired) electrons. The number of carbonyl (C=O) groups is 1. The monoisotopic (exact) mass is 313 g/mol. The molecule has 0 saturated heterocycles. The third-order valence-corrected chi connectivity index (χ3v) is 4.16. The Balaban J connectivity index is 2.32. The summed E-state index contributed by atoms with van der Waals surface area (Å²) in [6, 6.07) is 4.46. The second-order valence-corrected chi connectivity index (χ2v) is 5.23. The largest absolute Gasteiger partial charge is 0.478 e. The fraction of sp³-hybridized carbons (Fsp3) is 0.0909. The highest BCUT2D eigenvalue weighted by atomic mass is 79.9. The Kier molecular flexibility index (Phi) is 3.44. The maximum atomic E-state index is 11.7. The van der Waals surface area contributed by atoms with Crippen molar-refractivity contribution in [1.29, 1.82) is 0 Å². The molecular formula is C11H8BrNO3S. The predicted octanol–water partition coefficient (Wildman–Crippen LogP) is 2.42.